The number of carbonyl (C=O) groups is 1. The number of halogens is 4. The lowest BCUT2D eigenvalue weighted by Crippen LogP contribution is -2.34. The molecule has 1 aliphatic heterocycles. The Labute approximate surface area is 198 Å². The fourth-order valence-electron chi connectivity index (χ4n) is 4.55. The SMILES string of the molecule is O=C1CCCC(C2CCCCC2)=NCCN(S(=O)(=O)/C=C/c2c(F)cccc2C(F)(F)F)CC1. The van der Waals surface area contributed by atoms with E-state index in [9.17, 15) is 30.8 Å². The Kier molecular flexibility index (Phi) is 9.03. The number of hydrogen-bond acceptors (Lipinski definition) is 4. The molecule has 3 rings (SSSR count). The quantitative estimate of drug-likeness (QED) is 0.503. The molecule has 188 valence electrons. The van der Waals surface area contributed by atoms with Gasteiger partial charge in [0.25, 0.3) is 0 Å². The van der Waals surface area contributed by atoms with E-state index >= 15 is 0 Å². The van der Waals surface area contributed by atoms with Gasteiger partial charge in [-0.3, -0.25) is 9.79 Å². The number of Topliss-reactive ketones (excluding diaryl/α,β-unsaturated/α-hetero) is 1. The van der Waals surface area contributed by atoms with Gasteiger partial charge >= 0.3 is 6.18 Å². The third kappa shape index (κ3) is 7.21. The Hall–Kier alpha value is -2.07. The fourth-order valence-corrected chi connectivity index (χ4v) is 5.72. The highest BCUT2D eigenvalue weighted by atomic mass is 32.2. The third-order valence-corrected chi connectivity index (χ3v) is 7.96. The molecular formula is C24H30F4N2O3S. The molecule has 1 saturated carbocycles. The lowest BCUT2D eigenvalue weighted by atomic mass is 9.84. The number of alkyl halides is 3. The minimum absolute atomic E-state index is 0.000423. The number of sulfonamides is 1. The van der Waals surface area contributed by atoms with Gasteiger partial charge in [-0.2, -0.15) is 17.5 Å². The summed E-state index contributed by atoms with van der Waals surface area (Å²) in [6, 6.07) is 2.46. The van der Waals surface area contributed by atoms with Crippen LogP contribution in [0.15, 0.2) is 28.6 Å². The number of nitrogens with zero attached hydrogens (tertiary/aromatic N) is 2. The first-order valence-corrected chi connectivity index (χ1v) is 13.2. The van der Waals surface area contributed by atoms with Gasteiger partial charge < -0.3 is 0 Å². The van der Waals surface area contributed by atoms with Crippen molar-refractivity contribution in [2.75, 3.05) is 19.6 Å². The third-order valence-electron chi connectivity index (χ3n) is 6.39. The van der Waals surface area contributed by atoms with E-state index in [0.717, 1.165) is 54.3 Å². The second-order valence-corrected chi connectivity index (χ2v) is 10.6. The number of ketones is 1. The van der Waals surface area contributed by atoms with E-state index in [1.807, 2.05) is 0 Å². The summed E-state index contributed by atoms with van der Waals surface area (Å²) in [5, 5.41) is 0.580. The molecule has 1 aliphatic carbocycles. The number of rotatable bonds is 4. The van der Waals surface area contributed by atoms with Gasteiger partial charge in [0.1, 0.15) is 11.6 Å². The van der Waals surface area contributed by atoms with Gasteiger partial charge in [-0.15, -0.1) is 0 Å². The Bertz CT molecular complexity index is 1030. The predicted molar refractivity (Wildman–Crippen MR) is 123 cm³/mol. The highest BCUT2D eigenvalue weighted by molar-refractivity contribution is 7.92. The summed E-state index contributed by atoms with van der Waals surface area (Å²) in [6.07, 6.45) is 3.08. The van der Waals surface area contributed by atoms with Crippen molar-refractivity contribution < 1.29 is 30.8 Å². The van der Waals surface area contributed by atoms with Crippen molar-refractivity contribution >= 4 is 27.6 Å². The zero-order valence-corrected chi connectivity index (χ0v) is 19.8. The van der Waals surface area contributed by atoms with Crippen LogP contribution < -0.4 is 0 Å². The monoisotopic (exact) mass is 502 g/mol. The molecule has 0 unspecified atom stereocenters. The molecule has 0 spiro atoms. The van der Waals surface area contributed by atoms with Crippen LogP contribution in [-0.4, -0.2) is 43.9 Å². The van der Waals surface area contributed by atoms with Crippen molar-refractivity contribution in [1.82, 2.24) is 4.31 Å². The Balaban J connectivity index is 1.83. The lowest BCUT2D eigenvalue weighted by Gasteiger charge is -2.24. The molecule has 0 aromatic heterocycles. The summed E-state index contributed by atoms with van der Waals surface area (Å²) in [4.78, 5) is 17.0. The molecule has 0 saturated heterocycles. The van der Waals surface area contributed by atoms with E-state index < -0.39 is 33.1 Å². The van der Waals surface area contributed by atoms with Gasteiger partial charge in [0.2, 0.25) is 10.0 Å². The number of benzene rings is 1. The first-order chi connectivity index (χ1) is 16.1. The van der Waals surface area contributed by atoms with Crippen molar-refractivity contribution in [2.45, 2.75) is 64.0 Å². The molecule has 0 atom stereocenters. The van der Waals surface area contributed by atoms with Crippen LogP contribution in [0, 0.1) is 11.7 Å². The lowest BCUT2D eigenvalue weighted by molar-refractivity contribution is -0.138. The summed E-state index contributed by atoms with van der Waals surface area (Å²) >= 11 is 0. The normalized spacial score (nSPS) is 20.8. The first-order valence-electron chi connectivity index (χ1n) is 11.7. The van der Waals surface area contributed by atoms with E-state index in [1.165, 1.54) is 6.42 Å². The highest BCUT2D eigenvalue weighted by Gasteiger charge is 2.34. The van der Waals surface area contributed by atoms with Gasteiger partial charge in [-0.1, -0.05) is 25.3 Å². The summed E-state index contributed by atoms with van der Waals surface area (Å²) in [6.45, 7) is 0.114. The molecule has 1 aromatic carbocycles. The van der Waals surface area contributed by atoms with Crippen molar-refractivity contribution in [1.29, 1.82) is 0 Å². The molecule has 10 heteroatoms. The van der Waals surface area contributed by atoms with Crippen LogP contribution in [0.25, 0.3) is 6.08 Å². The van der Waals surface area contributed by atoms with Crippen molar-refractivity contribution in [3.05, 3.63) is 40.6 Å². The maximum Gasteiger partial charge on any atom is 0.417 e. The zero-order chi connectivity index (χ0) is 24.8. The second-order valence-electron chi connectivity index (χ2n) is 8.80. The van der Waals surface area contributed by atoms with Gasteiger partial charge in [0.15, 0.2) is 0 Å². The van der Waals surface area contributed by atoms with E-state index in [4.69, 9.17) is 0 Å². The Morgan fingerprint density at radius 3 is 2.44 bits per heavy atom. The molecule has 0 amide bonds. The van der Waals surface area contributed by atoms with Crippen LogP contribution in [0.3, 0.4) is 0 Å². The molecule has 1 heterocycles. The molecular weight excluding hydrogens is 472 g/mol. The van der Waals surface area contributed by atoms with Crippen LogP contribution in [0.5, 0.6) is 0 Å². The molecule has 34 heavy (non-hydrogen) atoms. The van der Waals surface area contributed by atoms with Gasteiger partial charge in [0, 0.05) is 42.6 Å². The van der Waals surface area contributed by atoms with E-state index in [0.29, 0.717) is 36.3 Å². The molecule has 1 fully saturated rings. The minimum atomic E-state index is -4.84. The number of aliphatic imine (C=N–C) groups is 1. The largest absolute Gasteiger partial charge is 0.417 e. The fraction of sp³-hybridized carbons (Fsp3) is 0.583. The molecule has 0 bridgehead atoms. The number of carbonyl (C=O) groups excluding carboxylic acids is 1. The van der Waals surface area contributed by atoms with Crippen molar-refractivity contribution in [2.24, 2.45) is 10.9 Å². The standard InChI is InChI=1S/C24H30F4N2O3S/c25-22-10-5-9-21(24(26,27)28)20(22)13-17-34(32,33)30-15-12-19(31)8-4-11-23(29-14-16-30)18-6-2-1-3-7-18/h5,9-10,13,17-18H,1-4,6-8,11-12,14-16H2/b17-13+,29-23?. The summed E-state index contributed by atoms with van der Waals surface area (Å²) < 4.78 is 80.8. The van der Waals surface area contributed by atoms with Gasteiger partial charge in [-0.25, -0.2) is 12.8 Å². The molecule has 0 radical (unpaired) electrons. The van der Waals surface area contributed by atoms with Crippen LogP contribution in [0.2, 0.25) is 0 Å². The van der Waals surface area contributed by atoms with Crippen LogP contribution in [-0.2, 0) is 21.0 Å². The summed E-state index contributed by atoms with van der Waals surface area (Å²) in [5.41, 5.74) is -1.07. The molecule has 2 aliphatic rings. The maximum atomic E-state index is 14.1. The van der Waals surface area contributed by atoms with Gasteiger partial charge in [-0.05, 0) is 49.8 Å². The van der Waals surface area contributed by atoms with E-state index in [-0.39, 0.29) is 31.8 Å². The minimum Gasteiger partial charge on any atom is -0.300 e. The van der Waals surface area contributed by atoms with Crippen molar-refractivity contribution in [3.8, 4) is 0 Å². The molecule has 0 N–H and O–H groups in total. The van der Waals surface area contributed by atoms with Crippen molar-refractivity contribution in [3.63, 3.8) is 0 Å². The highest BCUT2D eigenvalue weighted by Crippen LogP contribution is 2.34. The molecule has 5 nitrogen and oxygen atoms in total. The van der Waals surface area contributed by atoms with E-state index in [1.54, 1.807) is 0 Å². The Morgan fingerprint density at radius 2 is 1.74 bits per heavy atom. The average Bonchev–Trinajstić information content (AvgIpc) is 2.83. The van der Waals surface area contributed by atoms with E-state index in [2.05, 4.69) is 4.99 Å². The van der Waals surface area contributed by atoms with Crippen LogP contribution in [0.1, 0.15) is 68.9 Å². The average molecular weight is 503 g/mol. The molecule has 1 aromatic rings. The van der Waals surface area contributed by atoms with Crippen LogP contribution in [0.4, 0.5) is 17.6 Å². The Morgan fingerprint density at radius 1 is 1.00 bits per heavy atom. The topological polar surface area (TPSA) is 66.8 Å². The predicted octanol–water partition coefficient (Wildman–Crippen LogP) is 5.61. The van der Waals surface area contributed by atoms with Gasteiger partial charge in [0.05, 0.1) is 12.1 Å². The smallest absolute Gasteiger partial charge is 0.300 e. The maximum absolute atomic E-state index is 14.1. The second kappa shape index (κ2) is 11.6. The zero-order valence-electron chi connectivity index (χ0n) is 19.0. The van der Waals surface area contributed by atoms with Crippen LogP contribution >= 0.6 is 0 Å². The first kappa shape index (κ1) is 26.5. The summed E-state index contributed by atoms with van der Waals surface area (Å²) in [5.74, 6) is -0.880. The summed E-state index contributed by atoms with van der Waals surface area (Å²) in [7, 11) is -4.21. The number of hydrogen-bond donors (Lipinski definition) is 0.